The average molecular weight is 394 g/mol. The Morgan fingerprint density at radius 3 is 2.00 bits per heavy atom. The Morgan fingerprint density at radius 2 is 1.65 bits per heavy atom. The Bertz CT molecular complexity index is 822. The van der Waals surface area contributed by atoms with Gasteiger partial charge in [-0.2, -0.15) is 8.42 Å². The first-order chi connectivity index (χ1) is 11.6. The van der Waals surface area contributed by atoms with Gasteiger partial charge in [0.2, 0.25) is 0 Å². The van der Waals surface area contributed by atoms with Crippen LogP contribution in [0.25, 0.3) is 0 Å². The number of carboxylic acids is 2. The van der Waals surface area contributed by atoms with Gasteiger partial charge in [-0.25, -0.2) is 4.79 Å². The zero-order valence-electron chi connectivity index (χ0n) is 14.3. The molecule has 2 aliphatic carbocycles. The van der Waals surface area contributed by atoms with Crippen LogP contribution in [0.3, 0.4) is 0 Å². The third-order valence-electron chi connectivity index (χ3n) is 4.90. The molecule has 9 heteroatoms. The van der Waals surface area contributed by atoms with Gasteiger partial charge in [0.05, 0.1) is 5.57 Å². The molecular formula is C17H23NaO7S. The van der Waals surface area contributed by atoms with Gasteiger partial charge in [-0.05, 0) is 36.0 Å². The predicted octanol–water partition coefficient (Wildman–Crippen LogP) is 1.77. The minimum absolute atomic E-state index is 0. The fourth-order valence-corrected chi connectivity index (χ4v) is 5.29. The van der Waals surface area contributed by atoms with E-state index in [1.165, 1.54) is 12.2 Å². The second-order valence-electron chi connectivity index (χ2n) is 6.20. The molecule has 0 aliphatic heterocycles. The summed E-state index contributed by atoms with van der Waals surface area (Å²) in [4.78, 5) is 24.0. The number of hydrogen-bond donors (Lipinski definition) is 3. The molecule has 1 fully saturated rings. The fraction of sp³-hybridized carbons (Fsp3) is 0.529. The van der Waals surface area contributed by atoms with Crippen molar-refractivity contribution < 1.29 is 32.8 Å². The van der Waals surface area contributed by atoms with Crippen molar-refractivity contribution in [3.8, 4) is 0 Å². The van der Waals surface area contributed by atoms with Crippen molar-refractivity contribution in [3.05, 3.63) is 34.4 Å². The summed E-state index contributed by atoms with van der Waals surface area (Å²) in [6.07, 6.45) is 4.00. The predicted molar refractivity (Wildman–Crippen MR) is 97.7 cm³/mol. The molecule has 0 aromatic rings. The number of rotatable bonds is 6. The van der Waals surface area contributed by atoms with E-state index in [0.717, 1.165) is 0 Å². The molecule has 3 N–H and O–H groups in total. The summed E-state index contributed by atoms with van der Waals surface area (Å²) in [6, 6.07) is 0. The van der Waals surface area contributed by atoms with Crippen LogP contribution in [0.5, 0.6) is 0 Å². The standard InChI is InChI=1S/C17H22O7S.Na.H/c1-4-7-9-12(15(18)19)13-10(6-3)17(13,16(20)21)11(8-5-2)14(9)25(22,23)24;;/h7-8,10,14H,4-6H2,1-3H3,(H,18,19)(H,20,21)(H,22,23,24);;. The summed E-state index contributed by atoms with van der Waals surface area (Å²) in [5.41, 5.74) is -1.71. The monoisotopic (exact) mass is 394 g/mol. The molecule has 0 heterocycles. The quantitative estimate of drug-likeness (QED) is 0.356. The third-order valence-corrected chi connectivity index (χ3v) is 6.00. The molecule has 0 radical (unpaired) electrons. The van der Waals surface area contributed by atoms with Gasteiger partial charge in [0.25, 0.3) is 10.1 Å². The first kappa shape index (κ1) is 23.1. The first-order valence-corrected chi connectivity index (χ1v) is 9.69. The van der Waals surface area contributed by atoms with Crippen LogP contribution in [0.1, 0.15) is 40.0 Å². The molecule has 2 aliphatic rings. The van der Waals surface area contributed by atoms with E-state index in [0.29, 0.717) is 19.3 Å². The number of fused-ring (bicyclic) bond motifs is 1. The summed E-state index contributed by atoms with van der Waals surface area (Å²) in [5.74, 6) is -3.25. The van der Waals surface area contributed by atoms with Gasteiger partial charge < -0.3 is 10.2 Å². The van der Waals surface area contributed by atoms with Gasteiger partial charge in [0.1, 0.15) is 10.7 Å². The zero-order valence-corrected chi connectivity index (χ0v) is 15.1. The molecule has 140 valence electrons. The Hall–Kier alpha value is -0.930. The Labute approximate surface area is 174 Å². The number of allylic oxidation sites excluding steroid dienone is 2. The zero-order chi connectivity index (χ0) is 19.2. The van der Waals surface area contributed by atoms with E-state index in [-0.39, 0.29) is 51.8 Å². The van der Waals surface area contributed by atoms with Crippen molar-refractivity contribution in [2.45, 2.75) is 45.3 Å². The normalized spacial score (nSPS) is 30.8. The molecule has 0 aromatic heterocycles. The van der Waals surface area contributed by atoms with E-state index in [1.807, 2.05) is 0 Å². The molecule has 2 rings (SSSR count). The SMILES string of the molecule is CCC=C1C(C(=O)O)=C2C(CC)C2(C(=O)O)C(=CCC)C1S(=O)(=O)O.[NaH]. The topological polar surface area (TPSA) is 129 Å². The summed E-state index contributed by atoms with van der Waals surface area (Å²) >= 11 is 0. The second kappa shape index (κ2) is 7.98. The van der Waals surface area contributed by atoms with E-state index in [4.69, 9.17) is 0 Å². The van der Waals surface area contributed by atoms with E-state index in [1.54, 1.807) is 20.8 Å². The molecule has 1 saturated carbocycles. The molecule has 0 spiro atoms. The molecule has 3 unspecified atom stereocenters. The Balaban J connectivity index is 0.00000338. The maximum absolute atomic E-state index is 12.1. The Kier molecular flexibility index (Phi) is 7.09. The van der Waals surface area contributed by atoms with Gasteiger partial charge in [0, 0.05) is 5.92 Å². The van der Waals surface area contributed by atoms with Crippen LogP contribution in [0.4, 0.5) is 0 Å². The molecular weight excluding hydrogens is 371 g/mol. The minimum atomic E-state index is -4.74. The fourth-order valence-electron chi connectivity index (χ4n) is 4.16. The third kappa shape index (κ3) is 3.22. The number of hydrogen-bond acceptors (Lipinski definition) is 4. The molecule has 26 heavy (non-hydrogen) atoms. The number of carboxylic acid groups (broad SMARTS) is 2. The van der Waals surface area contributed by atoms with E-state index in [9.17, 15) is 32.8 Å². The Morgan fingerprint density at radius 1 is 1.12 bits per heavy atom. The summed E-state index contributed by atoms with van der Waals surface area (Å²) in [7, 11) is -4.74. The van der Waals surface area contributed by atoms with Crippen LogP contribution in [0.15, 0.2) is 34.4 Å². The summed E-state index contributed by atoms with van der Waals surface area (Å²) in [5, 5.41) is 17.9. The van der Waals surface area contributed by atoms with Crippen molar-refractivity contribution in [1.82, 2.24) is 0 Å². The van der Waals surface area contributed by atoms with Crippen molar-refractivity contribution in [2.75, 3.05) is 0 Å². The summed E-state index contributed by atoms with van der Waals surface area (Å²) < 4.78 is 34.0. The van der Waals surface area contributed by atoms with Crippen molar-refractivity contribution in [3.63, 3.8) is 0 Å². The van der Waals surface area contributed by atoms with E-state index < -0.39 is 38.6 Å². The second-order valence-corrected chi connectivity index (χ2v) is 7.70. The molecule has 0 amide bonds. The van der Waals surface area contributed by atoms with Crippen LogP contribution in [-0.2, 0) is 19.7 Å². The molecule has 7 nitrogen and oxygen atoms in total. The molecule has 0 saturated heterocycles. The first-order valence-electron chi connectivity index (χ1n) is 8.19. The molecule has 3 atom stereocenters. The van der Waals surface area contributed by atoms with Crippen LogP contribution in [0.2, 0.25) is 0 Å². The summed E-state index contributed by atoms with van der Waals surface area (Å²) in [6.45, 7) is 5.17. The van der Waals surface area contributed by atoms with Crippen molar-refractivity contribution in [2.24, 2.45) is 11.3 Å². The van der Waals surface area contributed by atoms with Crippen LogP contribution in [-0.4, -0.2) is 69.9 Å². The average Bonchev–Trinajstić information content (AvgIpc) is 3.16. The van der Waals surface area contributed by atoms with Crippen LogP contribution >= 0.6 is 0 Å². The van der Waals surface area contributed by atoms with Gasteiger partial charge >= 0.3 is 41.5 Å². The number of aliphatic carboxylic acids is 2. The van der Waals surface area contributed by atoms with Gasteiger partial charge in [0.15, 0.2) is 0 Å². The van der Waals surface area contributed by atoms with Crippen molar-refractivity contribution >= 4 is 51.6 Å². The van der Waals surface area contributed by atoms with E-state index >= 15 is 0 Å². The van der Waals surface area contributed by atoms with Crippen molar-refractivity contribution in [1.29, 1.82) is 0 Å². The van der Waals surface area contributed by atoms with Gasteiger partial charge in [-0.1, -0.05) is 32.9 Å². The van der Waals surface area contributed by atoms with E-state index in [2.05, 4.69) is 0 Å². The van der Waals surface area contributed by atoms with Crippen LogP contribution < -0.4 is 0 Å². The van der Waals surface area contributed by atoms with Gasteiger partial charge in [-0.3, -0.25) is 9.35 Å². The molecule has 0 aromatic carbocycles. The van der Waals surface area contributed by atoms with Gasteiger partial charge in [-0.15, -0.1) is 0 Å². The number of carbonyl (C=O) groups is 2. The molecule has 0 bridgehead atoms. The maximum atomic E-state index is 12.1. The van der Waals surface area contributed by atoms with Crippen LogP contribution in [0, 0.1) is 11.3 Å².